The smallest absolute Gasteiger partial charge is 0.184 e. The average molecular weight is 210 g/mol. The fourth-order valence-corrected chi connectivity index (χ4v) is 2.30. The van der Waals surface area contributed by atoms with Gasteiger partial charge in [-0.3, -0.25) is 0 Å². The maximum absolute atomic E-state index is 13.5. The summed E-state index contributed by atoms with van der Waals surface area (Å²) in [4.78, 5) is 0. The fourth-order valence-electron chi connectivity index (χ4n) is 2.30. The van der Waals surface area contributed by atoms with Gasteiger partial charge in [0.25, 0.3) is 0 Å². The number of hydrogen-bond acceptors (Lipinski definition) is 2. The van der Waals surface area contributed by atoms with E-state index in [4.69, 9.17) is 0 Å². The predicted octanol–water partition coefficient (Wildman–Crippen LogP) is 2.72. The van der Waals surface area contributed by atoms with Crippen molar-refractivity contribution >= 4 is 11.4 Å². The number of benzene rings is 1. The Morgan fingerprint density at radius 2 is 2.00 bits per heavy atom. The Morgan fingerprint density at radius 3 is 2.67 bits per heavy atom. The van der Waals surface area contributed by atoms with E-state index in [1.54, 1.807) is 6.07 Å². The van der Waals surface area contributed by atoms with Crippen LogP contribution in [0.25, 0.3) is 0 Å². The van der Waals surface area contributed by atoms with Gasteiger partial charge in [-0.25, -0.2) is 8.78 Å². The number of nitrogens with one attached hydrogen (secondary N) is 2. The van der Waals surface area contributed by atoms with E-state index in [2.05, 4.69) is 10.6 Å². The van der Waals surface area contributed by atoms with Crippen LogP contribution in [0, 0.1) is 11.6 Å². The zero-order valence-electron chi connectivity index (χ0n) is 8.24. The van der Waals surface area contributed by atoms with Gasteiger partial charge >= 0.3 is 0 Å². The molecule has 3 rings (SSSR count). The highest BCUT2D eigenvalue weighted by Crippen LogP contribution is 2.42. The molecule has 0 aromatic heterocycles. The van der Waals surface area contributed by atoms with Gasteiger partial charge in [-0.05, 0) is 31.4 Å². The standard InChI is InChI=1S/C11H12F2N2/c12-7-2-3-8-10(9(7)13)15-11(6-14-8)4-1-5-11/h2-3,14-15H,1,4-6H2. The van der Waals surface area contributed by atoms with Crippen molar-refractivity contribution < 1.29 is 8.78 Å². The second-order valence-corrected chi connectivity index (χ2v) is 4.40. The SMILES string of the molecule is Fc1ccc2c(c1F)NC1(CCC1)CN2. The summed E-state index contributed by atoms with van der Waals surface area (Å²) in [6.45, 7) is 0.797. The number of hydrogen-bond donors (Lipinski definition) is 2. The summed E-state index contributed by atoms with van der Waals surface area (Å²) in [5.74, 6) is -1.56. The molecule has 1 saturated carbocycles. The molecule has 1 aliphatic carbocycles. The summed E-state index contributed by atoms with van der Waals surface area (Å²) in [6.07, 6.45) is 3.20. The molecule has 80 valence electrons. The first kappa shape index (κ1) is 8.95. The molecule has 2 N–H and O–H groups in total. The van der Waals surface area contributed by atoms with Crippen molar-refractivity contribution in [2.75, 3.05) is 17.2 Å². The first-order valence-electron chi connectivity index (χ1n) is 5.20. The lowest BCUT2D eigenvalue weighted by molar-refractivity contribution is 0.289. The molecular formula is C11H12F2N2. The van der Waals surface area contributed by atoms with E-state index in [9.17, 15) is 8.78 Å². The van der Waals surface area contributed by atoms with E-state index in [0.717, 1.165) is 31.9 Å². The lowest BCUT2D eigenvalue weighted by atomic mass is 9.75. The first-order chi connectivity index (χ1) is 7.20. The van der Waals surface area contributed by atoms with Crippen molar-refractivity contribution in [3.8, 4) is 0 Å². The normalized spacial score (nSPS) is 21.2. The van der Waals surface area contributed by atoms with Crippen LogP contribution in [0.5, 0.6) is 0 Å². The maximum atomic E-state index is 13.5. The second kappa shape index (κ2) is 2.84. The van der Waals surface area contributed by atoms with E-state index in [0.29, 0.717) is 11.4 Å². The third-order valence-electron chi connectivity index (χ3n) is 3.41. The predicted molar refractivity (Wildman–Crippen MR) is 55.1 cm³/mol. The van der Waals surface area contributed by atoms with Gasteiger partial charge < -0.3 is 10.6 Å². The molecule has 0 radical (unpaired) electrons. The van der Waals surface area contributed by atoms with Gasteiger partial charge in [0, 0.05) is 6.54 Å². The van der Waals surface area contributed by atoms with Gasteiger partial charge in [0.05, 0.1) is 16.9 Å². The minimum atomic E-state index is -0.792. The van der Waals surface area contributed by atoms with E-state index in [-0.39, 0.29) is 5.54 Å². The molecule has 15 heavy (non-hydrogen) atoms. The third kappa shape index (κ3) is 1.20. The molecule has 1 heterocycles. The van der Waals surface area contributed by atoms with Crippen LogP contribution in [0.1, 0.15) is 19.3 Å². The van der Waals surface area contributed by atoms with Crippen LogP contribution in [-0.4, -0.2) is 12.1 Å². The van der Waals surface area contributed by atoms with Gasteiger partial charge in [0.15, 0.2) is 11.6 Å². The summed E-state index contributed by atoms with van der Waals surface area (Å²) < 4.78 is 26.5. The first-order valence-corrected chi connectivity index (χ1v) is 5.20. The Morgan fingerprint density at radius 1 is 1.20 bits per heavy atom. The third-order valence-corrected chi connectivity index (χ3v) is 3.41. The van der Waals surface area contributed by atoms with Gasteiger partial charge in [-0.1, -0.05) is 0 Å². The minimum absolute atomic E-state index is 0.0400. The Bertz CT molecular complexity index is 413. The highest BCUT2D eigenvalue weighted by atomic mass is 19.2. The summed E-state index contributed by atoms with van der Waals surface area (Å²) in [5.41, 5.74) is 0.911. The number of halogens is 2. The Balaban J connectivity index is 2.03. The van der Waals surface area contributed by atoms with Crippen molar-refractivity contribution in [3.63, 3.8) is 0 Å². The zero-order chi connectivity index (χ0) is 10.5. The molecule has 1 fully saturated rings. The molecule has 1 spiro atoms. The summed E-state index contributed by atoms with van der Waals surface area (Å²) in [5, 5.41) is 6.30. The summed E-state index contributed by atoms with van der Waals surface area (Å²) in [7, 11) is 0. The number of anilines is 2. The van der Waals surface area contributed by atoms with Crippen molar-refractivity contribution in [2.24, 2.45) is 0 Å². The van der Waals surface area contributed by atoms with E-state index >= 15 is 0 Å². The van der Waals surface area contributed by atoms with Crippen molar-refractivity contribution in [3.05, 3.63) is 23.8 Å². The molecule has 0 bridgehead atoms. The average Bonchev–Trinajstić information content (AvgIpc) is 2.21. The van der Waals surface area contributed by atoms with E-state index in [1.807, 2.05) is 0 Å². The molecule has 1 aromatic rings. The largest absolute Gasteiger partial charge is 0.381 e. The van der Waals surface area contributed by atoms with Crippen molar-refractivity contribution in [2.45, 2.75) is 24.8 Å². The van der Waals surface area contributed by atoms with Gasteiger partial charge in [-0.2, -0.15) is 0 Å². The van der Waals surface area contributed by atoms with Crippen LogP contribution in [0.3, 0.4) is 0 Å². The van der Waals surface area contributed by atoms with Crippen LogP contribution in [0.2, 0.25) is 0 Å². The molecule has 1 aliphatic heterocycles. The summed E-state index contributed by atoms with van der Waals surface area (Å²) in [6, 6.07) is 2.73. The van der Waals surface area contributed by atoms with Crippen LogP contribution < -0.4 is 10.6 Å². The zero-order valence-corrected chi connectivity index (χ0v) is 8.24. The molecule has 0 amide bonds. The lowest BCUT2D eigenvalue weighted by Crippen LogP contribution is -2.53. The molecule has 0 unspecified atom stereocenters. The minimum Gasteiger partial charge on any atom is -0.381 e. The van der Waals surface area contributed by atoms with Crippen molar-refractivity contribution in [1.29, 1.82) is 0 Å². The van der Waals surface area contributed by atoms with E-state index in [1.165, 1.54) is 0 Å². The molecule has 0 saturated heterocycles. The van der Waals surface area contributed by atoms with Crippen LogP contribution in [0.15, 0.2) is 12.1 Å². The molecule has 2 nitrogen and oxygen atoms in total. The molecule has 0 atom stereocenters. The lowest BCUT2D eigenvalue weighted by Gasteiger charge is -2.47. The second-order valence-electron chi connectivity index (χ2n) is 4.40. The van der Waals surface area contributed by atoms with Crippen LogP contribution in [-0.2, 0) is 0 Å². The van der Waals surface area contributed by atoms with Gasteiger partial charge in [0.1, 0.15) is 0 Å². The Kier molecular flexibility index (Phi) is 1.69. The topological polar surface area (TPSA) is 24.1 Å². The quantitative estimate of drug-likeness (QED) is 0.688. The Labute approximate surface area is 86.7 Å². The van der Waals surface area contributed by atoms with Crippen LogP contribution in [0.4, 0.5) is 20.2 Å². The van der Waals surface area contributed by atoms with Crippen molar-refractivity contribution in [1.82, 2.24) is 0 Å². The number of fused-ring (bicyclic) bond motifs is 1. The molecule has 2 aliphatic rings. The highest BCUT2D eigenvalue weighted by Gasteiger charge is 2.40. The highest BCUT2D eigenvalue weighted by molar-refractivity contribution is 5.73. The summed E-state index contributed by atoms with van der Waals surface area (Å²) >= 11 is 0. The molecule has 1 aromatic carbocycles. The monoisotopic (exact) mass is 210 g/mol. The van der Waals surface area contributed by atoms with Gasteiger partial charge in [0.2, 0.25) is 0 Å². The Hall–Kier alpha value is -1.32. The van der Waals surface area contributed by atoms with E-state index < -0.39 is 11.6 Å². The molecular weight excluding hydrogens is 198 g/mol. The molecule has 4 heteroatoms. The van der Waals surface area contributed by atoms with Crippen LogP contribution >= 0.6 is 0 Å². The fraction of sp³-hybridized carbons (Fsp3) is 0.455. The van der Waals surface area contributed by atoms with Gasteiger partial charge in [-0.15, -0.1) is 0 Å². The maximum Gasteiger partial charge on any atom is 0.184 e. The number of rotatable bonds is 0.